The van der Waals surface area contributed by atoms with Crippen molar-refractivity contribution in [2.24, 2.45) is 4.99 Å². The molecule has 18 nitrogen and oxygen atoms in total. The molecule has 0 aliphatic carbocycles. The number of halogens is 1. The average Bonchev–Trinajstić information content (AvgIpc) is 4.13. The highest BCUT2D eigenvalue weighted by Gasteiger charge is 2.43. The number of thiocarbonyl (C=S) groups is 2. The predicted octanol–water partition coefficient (Wildman–Crippen LogP) is 13.8. The number of rotatable bonds is 45. The Morgan fingerprint density at radius 1 is 0.506 bits per heavy atom. The van der Waals surface area contributed by atoms with Crippen LogP contribution in [0.25, 0.3) is 0 Å². The summed E-state index contributed by atoms with van der Waals surface area (Å²) >= 11 is 16.3. The van der Waals surface area contributed by atoms with Crippen molar-refractivity contribution >= 4 is 96.6 Å². The van der Waals surface area contributed by atoms with Gasteiger partial charge in [-0.2, -0.15) is 11.1 Å². The van der Waals surface area contributed by atoms with E-state index in [0.717, 1.165) is 92.7 Å². The SMILES string of the molecule is CCO[Si](CCCN(CCC[Si](OCC)(OCC)OCC)C(=S)N(Cc1ccco1)[Si](C)(C)C)(OCC)OCC.CCO[Si](CCCNCCC[Si](OCC)(OCC)OCC)(OCC)OCC.C[Si](C)(C)Cl.S=C=NCc1ccco1. The summed E-state index contributed by atoms with van der Waals surface area (Å²) in [5, 5.41) is 6.60. The molecule has 0 atom stereocenters. The minimum Gasteiger partial charge on any atom is -0.468 e. The summed E-state index contributed by atoms with van der Waals surface area (Å²) in [6.07, 6.45) is 6.95. The van der Waals surface area contributed by atoms with E-state index >= 15 is 0 Å². The van der Waals surface area contributed by atoms with E-state index in [1.54, 1.807) is 12.5 Å². The van der Waals surface area contributed by atoms with Crippen molar-refractivity contribution in [1.82, 2.24) is 14.8 Å². The fourth-order valence-corrected chi connectivity index (χ4v) is 21.0. The van der Waals surface area contributed by atoms with E-state index < -0.39 is 50.8 Å². The van der Waals surface area contributed by atoms with Crippen molar-refractivity contribution in [3.8, 4) is 0 Å². The second-order valence-electron chi connectivity index (χ2n) is 19.8. The van der Waals surface area contributed by atoms with E-state index in [0.29, 0.717) is 92.4 Å². The highest BCUT2D eigenvalue weighted by Crippen LogP contribution is 2.25. The van der Waals surface area contributed by atoms with E-state index in [2.05, 4.69) is 76.4 Å². The predicted molar refractivity (Wildman–Crippen MR) is 351 cm³/mol. The minimum absolute atomic E-state index is 0.497. The summed E-state index contributed by atoms with van der Waals surface area (Å²) in [5.41, 5.74) is 0. The monoisotopic (exact) mass is 1310 g/mol. The van der Waals surface area contributed by atoms with Gasteiger partial charge in [0.05, 0.1) is 24.2 Å². The lowest BCUT2D eigenvalue weighted by atomic mass is 10.3. The molecule has 1 N–H and O–H groups in total. The Kier molecular flexibility index (Phi) is 49.9. The Bertz CT molecular complexity index is 1670. The molecule has 0 saturated carbocycles. The van der Waals surface area contributed by atoms with E-state index in [9.17, 15) is 0 Å². The zero-order valence-corrected chi connectivity index (χ0v) is 62.0. The van der Waals surface area contributed by atoms with Crippen molar-refractivity contribution < 1.29 is 61.9 Å². The van der Waals surface area contributed by atoms with Crippen LogP contribution in [-0.2, 0) is 66.2 Å². The van der Waals surface area contributed by atoms with Crippen molar-refractivity contribution in [3.05, 3.63) is 48.3 Å². The molecule has 2 heterocycles. The third-order valence-corrected chi connectivity index (χ3v) is 26.3. The van der Waals surface area contributed by atoms with E-state index in [1.165, 1.54) is 0 Å². The van der Waals surface area contributed by atoms with Crippen LogP contribution < -0.4 is 5.32 Å². The molecule has 2 aromatic heterocycles. The van der Waals surface area contributed by atoms with Gasteiger partial charge in [0.15, 0.2) is 13.3 Å². The zero-order valence-electron chi connectivity index (χ0n) is 53.6. The van der Waals surface area contributed by atoms with Crippen molar-refractivity contribution in [3.63, 3.8) is 0 Å². The quantitative estimate of drug-likeness (QED) is 0.0218. The summed E-state index contributed by atoms with van der Waals surface area (Å²) in [4.78, 5) is 6.01. The Hall–Kier alpha value is -0.879. The van der Waals surface area contributed by atoms with Crippen LogP contribution in [-0.4, -0.2) is 176 Å². The fraction of sp³-hybridized carbons (Fsp3) is 0.815. The standard InChI is InChI=1S/C27H56N2O7SSi3.C18H43NO6Si2.C6H5NOS.C3H9ClSi/c1-10-31-39(32-11-2,33-12-3)23-17-20-28(21-18-24-40(34-13-4,35-14-5)36-15-6)27(37)29(38(7,8)9)25-26-19-16-22-30-26;1-7-20-26(21-8-2,22-9-3)17-13-15-19-16-14-18-27(23-10-4,24-11-5)25-12-6;9-5-7-4-6-2-1-3-8-6;1-5(2,3)4/h16,19,22H,10-15,17-18,20-21,23-25H2,1-9H3;19H,7-18H2,1-6H3;1-3H,4H2;1-3H3. The Labute approximate surface area is 514 Å². The third-order valence-electron chi connectivity index (χ3n) is 11.0. The first-order valence-electron chi connectivity index (χ1n) is 29.8. The minimum atomic E-state index is -2.75. The Morgan fingerprint density at radius 2 is 0.790 bits per heavy atom. The first-order chi connectivity index (χ1) is 38.6. The van der Waals surface area contributed by atoms with Gasteiger partial charge in [-0.3, -0.25) is 0 Å². The molecule has 0 unspecified atom stereocenters. The van der Waals surface area contributed by atoms with Gasteiger partial charge < -0.3 is 76.7 Å². The summed E-state index contributed by atoms with van der Waals surface area (Å²) in [6, 6.07) is 10.8. The average molecular weight is 1310 g/mol. The third kappa shape index (κ3) is 39.5. The highest BCUT2D eigenvalue weighted by molar-refractivity contribution is 7.80. The van der Waals surface area contributed by atoms with Gasteiger partial charge in [0.25, 0.3) is 0 Å². The van der Waals surface area contributed by atoms with Gasteiger partial charge in [0, 0.05) is 117 Å². The van der Waals surface area contributed by atoms with Crippen LogP contribution in [0.15, 0.2) is 50.6 Å². The molecule has 27 heteroatoms. The topological polar surface area (TPSA) is 168 Å². The molecule has 0 aliphatic heterocycles. The van der Waals surface area contributed by atoms with Crippen LogP contribution >= 0.6 is 35.5 Å². The number of hydrogen-bond acceptors (Lipinski definition) is 18. The number of aliphatic imine (C=N–C) groups is 1. The Balaban J connectivity index is 0. The van der Waals surface area contributed by atoms with Crippen LogP contribution in [0.2, 0.25) is 63.5 Å². The fourth-order valence-electron chi connectivity index (χ4n) is 8.10. The molecule has 476 valence electrons. The lowest BCUT2D eigenvalue weighted by molar-refractivity contribution is 0.0690. The molecule has 2 rings (SSSR count). The summed E-state index contributed by atoms with van der Waals surface area (Å²) in [7, 11) is -13.5. The van der Waals surface area contributed by atoms with Gasteiger partial charge in [-0.25, -0.2) is 4.99 Å². The van der Waals surface area contributed by atoms with Gasteiger partial charge in [0.2, 0.25) is 0 Å². The second-order valence-corrected chi connectivity index (χ2v) is 43.6. The first kappa shape index (κ1) is 82.2. The van der Waals surface area contributed by atoms with Crippen LogP contribution in [0.4, 0.5) is 0 Å². The number of nitrogens with one attached hydrogen (secondary N) is 1. The molecular formula is C54H113ClN4O14S2Si6. The summed E-state index contributed by atoms with van der Waals surface area (Å²) in [6.45, 7) is 48.8. The van der Waals surface area contributed by atoms with Crippen molar-refractivity contribution in [1.29, 1.82) is 0 Å². The largest absolute Gasteiger partial charge is 0.500 e. The molecule has 0 aliphatic rings. The molecule has 0 fully saturated rings. The smallest absolute Gasteiger partial charge is 0.468 e. The lowest BCUT2D eigenvalue weighted by Gasteiger charge is -2.41. The number of nitrogens with zero attached hydrogens (tertiary/aromatic N) is 3. The molecule has 2 aromatic rings. The maximum absolute atomic E-state index is 6.22. The molecular weight excluding hydrogens is 1200 g/mol. The zero-order chi connectivity index (χ0) is 61.5. The number of furan rings is 2. The van der Waals surface area contributed by atoms with Crippen molar-refractivity contribution in [2.75, 3.05) is 105 Å². The number of hydrogen-bond donors (Lipinski definition) is 1. The normalized spacial score (nSPS) is 12.1. The summed E-state index contributed by atoms with van der Waals surface area (Å²) < 4.78 is 85.0. The highest BCUT2D eigenvalue weighted by atomic mass is 35.6. The first-order valence-corrected chi connectivity index (χ1v) is 46.3. The van der Waals surface area contributed by atoms with Crippen LogP contribution in [0.5, 0.6) is 0 Å². The maximum atomic E-state index is 6.22. The van der Waals surface area contributed by atoms with E-state index in [1.807, 2.05) is 107 Å². The molecule has 81 heavy (non-hydrogen) atoms. The van der Waals surface area contributed by atoms with Crippen molar-refractivity contribution in [2.45, 2.75) is 185 Å². The van der Waals surface area contributed by atoms with Gasteiger partial charge in [-0.05, 0) is 171 Å². The van der Waals surface area contributed by atoms with Crippen LogP contribution in [0.1, 0.15) is 120 Å². The molecule has 0 radical (unpaired) electrons. The molecule has 0 saturated heterocycles. The van der Waals surface area contributed by atoms with Crippen LogP contribution in [0.3, 0.4) is 0 Å². The van der Waals surface area contributed by atoms with Gasteiger partial charge >= 0.3 is 35.2 Å². The molecule has 0 aromatic carbocycles. The second kappa shape index (κ2) is 49.1. The molecule has 0 amide bonds. The van der Waals surface area contributed by atoms with E-state index in [4.69, 9.17) is 85.2 Å². The lowest BCUT2D eigenvalue weighted by Crippen LogP contribution is -2.55. The molecule has 0 spiro atoms. The van der Waals surface area contributed by atoms with Gasteiger partial charge in [-0.1, -0.05) is 39.3 Å². The summed E-state index contributed by atoms with van der Waals surface area (Å²) in [5.74, 6) is 1.72. The Morgan fingerprint density at radius 3 is 1.04 bits per heavy atom. The van der Waals surface area contributed by atoms with Gasteiger partial charge in [0.1, 0.15) is 25.4 Å². The van der Waals surface area contributed by atoms with Gasteiger partial charge in [-0.15, -0.1) is 0 Å². The van der Waals surface area contributed by atoms with E-state index in [-0.39, 0.29) is 0 Å². The van der Waals surface area contributed by atoms with Crippen LogP contribution in [0, 0.1) is 0 Å². The number of isothiocyanates is 1. The molecule has 0 bridgehead atoms. The maximum Gasteiger partial charge on any atom is 0.500 e.